The number of aromatic nitrogens is 3. The minimum atomic E-state index is -3.00. The summed E-state index contributed by atoms with van der Waals surface area (Å²) in [4.78, 5) is 12.0. The standard InChI is InChI=1S/C19H18Cl2N6OS/c1-10-13(9-22)5-7-16(24-10)26-17(12-4-6-14(20)15(21)8-12)18-25-11(2)19(27-18)29(3,23)28/h4-8,17,23H,1-3H3,(H,24,26)(H,25,27)/t17?,29-/m0/s1. The SMILES string of the molecule is Cc1nc(NC(c2ccc(Cl)c(Cl)c2)c2nc([S@@](C)(=N)=O)c(C)[nH]2)ccc1C#N. The molecule has 7 nitrogen and oxygen atoms in total. The van der Waals surface area contributed by atoms with Gasteiger partial charge in [-0.1, -0.05) is 29.3 Å². The molecule has 2 aromatic heterocycles. The van der Waals surface area contributed by atoms with Gasteiger partial charge in [-0.05, 0) is 43.7 Å². The first-order valence-electron chi connectivity index (χ1n) is 8.49. The molecule has 3 aromatic rings. The molecule has 3 N–H and O–H groups in total. The highest BCUT2D eigenvalue weighted by Crippen LogP contribution is 2.31. The Morgan fingerprint density at radius 1 is 1.21 bits per heavy atom. The second kappa shape index (κ2) is 8.03. The quantitative estimate of drug-likeness (QED) is 0.515. The molecular formula is C19H18Cl2N6OS. The van der Waals surface area contributed by atoms with Crippen LogP contribution in [0.5, 0.6) is 0 Å². The van der Waals surface area contributed by atoms with Crippen molar-refractivity contribution in [2.24, 2.45) is 0 Å². The van der Waals surface area contributed by atoms with E-state index in [9.17, 15) is 4.21 Å². The van der Waals surface area contributed by atoms with Gasteiger partial charge >= 0.3 is 0 Å². The normalized spacial score (nSPS) is 14.1. The van der Waals surface area contributed by atoms with Gasteiger partial charge in [-0.15, -0.1) is 0 Å². The van der Waals surface area contributed by atoms with E-state index < -0.39 is 15.8 Å². The van der Waals surface area contributed by atoms with E-state index in [2.05, 4.69) is 26.3 Å². The zero-order valence-electron chi connectivity index (χ0n) is 15.9. The lowest BCUT2D eigenvalue weighted by Crippen LogP contribution is -2.15. The van der Waals surface area contributed by atoms with E-state index in [1.54, 1.807) is 44.2 Å². The van der Waals surface area contributed by atoms with Crippen LogP contribution in [0.15, 0.2) is 35.4 Å². The molecule has 3 rings (SSSR count). The van der Waals surface area contributed by atoms with Crippen LogP contribution >= 0.6 is 23.2 Å². The van der Waals surface area contributed by atoms with E-state index in [0.29, 0.717) is 38.6 Å². The molecule has 2 atom stereocenters. The van der Waals surface area contributed by atoms with E-state index in [0.717, 1.165) is 5.56 Å². The lowest BCUT2D eigenvalue weighted by Gasteiger charge is -2.19. The maximum atomic E-state index is 12.2. The largest absolute Gasteiger partial charge is 0.356 e. The minimum Gasteiger partial charge on any atom is -0.356 e. The molecule has 0 aliphatic rings. The van der Waals surface area contributed by atoms with Gasteiger partial charge in [0, 0.05) is 11.9 Å². The maximum Gasteiger partial charge on any atom is 0.156 e. The molecule has 10 heteroatoms. The van der Waals surface area contributed by atoms with Crippen LogP contribution in [0.25, 0.3) is 0 Å². The Labute approximate surface area is 179 Å². The topological polar surface area (TPSA) is 118 Å². The fourth-order valence-electron chi connectivity index (χ4n) is 2.89. The Balaban J connectivity index is 2.11. The summed E-state index contributed by atoms with van der Waals surface area (Å²) in [5.41, 5.74) is 2.37. The summed E-state index contributed by atoms with van der Waals surface area (Å²) in [7, 11) is -3.00. The van der Waals surface area contributed by atoms with Gasteiger partial charge in [0.25, 0.3) is 0 Å². The lowest BCUT2D eigenvalue weighted by molar-refractivity contribution is 0.675. The number of nitriles is 1. The van der Waals surface area contributed by atoms with Gasteiger partial charge in [-0.2, -0.15) is 5.26 Å². The third kappa shape index (κ3) is 4.53. The first-order valence-corrected chi connectivity index (χ1v) is 11.2. The number of imidazole rings is 1. The molecule has 0 spiro atoms. The maximum absolute atomic E-state index is 12.2. The number of aromatic amines is 1. The number of rotatable bonds is 5. The number of halogens is 2. The predicted molar refractivity (Wildman–Crippen MR) is 114 cm³/mol. The summed E-state index contributed by atoms with van der Waals surface area (Å²) < 4.78 is 20.1. The van der Waals surface area contributed by atoms with E-state index in [1.807, 2.05) is 0 Å². The number of benzene rings is 1. The first-order chi connectivity index (χ1) is 13.6. The summed E-state index contributed by atoms with van der Waals surface area (Å²) in [6.45, 7) is 3.47. The number of hydrogen-bond acceptors (Lipinski definition) is 6. The Bertz CT molecular complexity index is 1230. The molecule has 0 amide bonds. The molecule has 0 aliphatic heterocycles. The van der Waals surface area contributed by atoms with Crippen molar-refractivity contribution in [1.29, 1.82) is 10.0 Å². The summed E-state index contributed by atoms with van der Waals surface area (Å²) in [6.07, 6.45) is 1.33. The van der Waals surface area contributed by atoms with Gasteiger partial charge in [0.15, 0.2) is 5.03 Å². The van der Waals surface area contributed by atoms with Gasteiger partial charge in [0.2, 0.25) is 0 Å². The van der Waals surface area contributed by atoms with Gasteiger partial charge < -0.3 is 10.3 Å². The van der Waals surface area contributed by atoms with Gasteiger partial charge in [-0.3, -0.25) is 0 Å². The summed E-state index contributed by atoms with van der Waals surface area (Å²) in [5, 5.41) is 13.4. The van der Waals surface area contributed by atoms with Crippen LogP contribution in [0, 0.1) is 30.0 Å². The highest BCUT2D eigenvalue weighted by molar-refractivity contribution is 7.91. The second-order valence-corrected chi connectivity index (χ2v) is 9.48. The molecule has 0 fully saturated rings. The van der Waals surface area contributed by atoms with Crippen molar-refractivity contribution in [3.05, 3.63) is 68.7 Å². The molecule has 2 heterocycles. The van der Waals surface area contributed by atoms with Crippen molar-refractivity contribution in [3.63, 3.8) is 0 Å². The van der Waals surface area contributed by atoms with Crippen molar-refractivity contribution < 1.29 is 4.21 Å². The number of anilines is 1. The zero-order chi connectivity index (χ0) is 21.3. The highest BCUT2D eigenvalue weighted by atomic mass is 35.5. The third-order valence-electron chi connectivity index (χ3n) is 4.28. The number of nitrogens with zero attached hydrogens (tertiary/aromatic N) is 3. The second-order valence-electron chi connectivity index (χ2n) is 6.59. The molecule has 0 saturated carbocycles. The van der Waals surface area contributed by atoms with Gasteiger partial charge in [0.05, 0.1) is 31.0 Å². The lowest BCUT2D eigenvalue weighted by atomic mass is 10.1. The molecule has 0 saturated heterocycles. The number of nitrogens with one attached hydrogen (secondary N) is 3. The number of H-pyrrole nitrogens is 1. The van der Waals surface area contributed by atoms with Gasteiger partial charge in [0.1, 0.15) is 23.8 Å². The third-order valence-corrected chi connectivity index (χ3v) is 6.15. The number of aryl methyl sites for hydroxylation is 2. The molecule has 150 valence electrons. The minimum absolute atomic E-state index is 0.198. The Morgan fingerprint density at radius 3 is 2.48 bits per heavy atom. The fourth-order valence-corrected chi connectivity index (χ4v) is 4.11. The molecule has 1 aromatic carbocycles. The van der Waals surface area contributed by atoms with Gasteiger partial charge in [-0.25, -0.2) is 19.0 Å². The Morgan fingerprint density at radius 2 is 1.93 bits per heavy atom. The number of pyridine rings is 1. The van der Waals surface area contributed by atoms with Crippen LogP contribution < -0.4 is 5.32 Å². The molecule has 0 radical (unpaired) electrons. The van der Waals surface area contributed by atoms with E-state index in [1.165, 1.54) is 6.26 Å². The van der Waals surface area contributed by atoms with E-state index in [4.69, 9.17) is 33.2 Å². The monoisotopic (exact) mass is 448 g/mol. The van der Waals surface area contributed by atoms with Crippen LogP contribution in [0.1, 0.15) is 34.4 Å². The molecule has 0 aliphatic carbocycles. The van der Waals surface area contributed by atoms with Crippen molar-refractivity contribution in [2.75, 3.05) is 11.6 Å². The Kier molecular flexibility index (Phi) is 5.85. The fraction of sp³-hybridized carbons (Fsp3) is 0.211. The van der Waals surface area contributed by atoms with Crippen molar-refractivity contribution >= 4 is 38.7 Å². The highest BCUT2D eigenvalue weighted by Gasteiger charge is 2.23. The van der Waals surface area contributed by atoms with Crippen LogP contribution in [0.3, 0.4) is 0 Å². The summed E-state index contributed by atoms with van der Waals surface area (Å²) >= 11 is 12.3. The van der Waals surface area contributed by atoms with Crippen molar-refractivity contribution in [3.8, 4) is 6.07 Å². The Hall–Kier alpha value is -2.60. The average Bonchev–Trinajstić information content (AvgIpc) is 3.04. The summed E-state index contributed by atoms with van der Waals surface area (Å²) in [6, 6.07) is 10.1. The molecule has 29 heavy (non-hydrogen) atoms. The van der Waals surface area contributed by atoms with E-state index >= 15 is 0 Å². The van der Waals surface area contributed by atoms with Crippen LogP contribution in [-0.4, -0.2) is 25.4 Å². The van der Waals surface area contributed by atoms with Crippen molar-refractivity contribution in [2.45, 2.75) is 24.9 Å². The summed E-state index contributed by atoms with van der Waals surface area (Å²) in [5.74, 6) is 0.984. The van der Waals surface area contributed by atoms with Crippen LogP contribution in [-0.2, 0) is 9.73 Å². The predicted octanol–water partition coefficient (Wildman–Crippen LogP) is 4.84. The first kappa shape index (κ1) is 21.1. The molecule has 0 bridgehead atoms. The van der Waals surface area contributed by atoms with Crippen LogP contribution in [0.4, 0.5) is 5.82 Å². The molecule has 1 unspecified atom stereocenters. The van der Waals surface area contributed by atoms with Crippen LogP contribution in [0.2, 0.25) is 10.0 Å². The molecular weight excluding hydrogens is 431 g/mol. The average molecular weight is 449 g/mol. The van der Waals surface area contributed by atoms with Crippen molar-refractivity contribution in [1.82, 2.24) is 15.0 Å². The zero-order valence-corrected chi connectivity index (χ0v) is 18.2. The van der Waals surface area contributed by atoms with E-state index in [-0.39, 0.29) is 5.03 Å². The number of hydrogen-bond donors (Lipinski definition) is 3. The smallest absolute Gasteiger partial charge is 0.156 e.